The second-order valence-electron chi connectivity index (χ2n) is 2.95. The number of carbonyl (C=O) groups excluding carboxylic acids is 2. The average Bonchev–Trinajstić information content (AvgIpc) is 1.98. The van der Waals surface area contributed by atoms with Crippen molar-refractivity contribution in [2.45, 2.75) is 20.3 Å². The molecule has 0 saturated heterocycles. The predicted molar refractivity (Wildman–Crippen MR) is 40.0 cm³/mol. The van der Waals surface area contributed by atoms with Gasteiger partial charge in [0.05, 0.1) is 13.0 Å². The minimum atomic E-state index is -1.22. The van der Waals surface area contributed by atoms with Crippen LogP contribution in [0, 0.1) is 11.8 Å². The number of rotatable bonds is 4. The molecule has 12 heavy (non-hydrogen) atoms. The molecule has 0 aromatic carbocycles. The molecule has 0 saturated carbocycles. The van der Waals surface area contributed by atoms with Gasteiger partial charge in [-0.3, -0.25) is 4.79 Å². The summed E-state index contributed by atoms with van der Waals surface area (Å²) in [4.78, 5) is 21.2. The number of hydrogen-bond acceptors (Lipinski definition) is 4. The van der Waals surface area contributed by atoms with Gasteiger partial charge in [0.1, 0.15) is 0 Å². The van der Waals surface area contributed by atoms with Crippen LogP contribution in [0.25, 0.3) is 0 Å². The Kier molecular flexibility index (Phi) is 4.33. The zero-order valence-corrected chi connectivity index (χ0v) is 7.49. The Bertz CT molecular complexity index is 174. The number of aliphatic carboxylic acids is 1. The van der Waals surface area contributed by atoms with Crippen LogP contribution in [0.2, 0.25) is 0 Å². The largest absolute Gasteiger partial charge is 0.550 e. The molecule has 0 heterocycles. The highest BCUT2D eigenvalue weighted by molar-refractivity contribution is 5.78. The van der Waals surface area contributed by atoms with Gasteiger partial charge in [-0.1, -0.05) is 13.8 Å². The fourth-order valence-corrected chi connectivity index (χ4v) is 0.922. The van der Waals surface area contributed by atoms with Crippen molar-refractivity contribution in [2.75, 3.05) is 7.11 Å². The lowest BCUT2D eigenvalue weighted by Crippen LogP contribution is -2.31. The van der Waals surface area contributed by atoms with Crippen LogP contribution in [0.4, 0.5) is 0 Å². The molecule has 0 radical (unpaired) electrons. The minimum Gasteiger partial charge on any atom is -0.550 e. The van der Waals surface area contributed by atoms with Gasteiger partial charge in [0, 0.05) is 12.4 Å². The molecule has 1 atom stereocenters. The number of esters is 1. The summed E-state index contributed by atoms with van der Waals surface area (Å²) in [5.41, 5.74) is 0. The Balaban J connectivity index is 4.23. The fourth-order valence-electron chi connectivity index (χ4n) is 0.922. The van der Waals surface area contributed by atoms with E-state index in [9.17, 15) is 14.7 Å². The molecule has 4 nitrogen and oxygen atoms in total. The standard InChI is InChI=1S/C8H14O4/c1-5(2)6(4-7(9)10)8(11)12-3/h5-6H,4H2,1-3H3,(H,9,10)/p-1/t6-/m1/s1. The molecule has 0 unspecified atom stereocenters. The number of carboxylic acids is 1. The monoisotopic (exact) mass is 173 g/mol. The first kappa shape index (κ1) is 10.9. The summed E-state index contributed by atoms with van der Waals surface area (Å²) >= 11 is 0. The van der Waals surface area contributed by atoms with Gasteiger partial charge >= 0.3 is 5.97 Å². The number of carboxylic acid groups (broad SMARTS) is 1. The highest BCUT2D eigenvalue weighted by atomic mass is 16.5. The van der Waals surface area contributed by atoms with Crippen molar-refractivity contribution < 1.29 is 19.4 Å². The second-order valence-corrected chi connectivity index (χ2v) is 2.95. The van der Waals surface area contributed by atoms with Gasteiger partial charge in [0.15, 0.2) is 0 Å². The Morgan fingerprint density at radius 3 is 2.17 bits per heavy atom. The van der Waals surface area contributed by atoms with Crippen LogP contribution in [-0.4, -0.2) is 19.0 Å². The highest BCUT2D eigenvalue weighted by Crippen LogP contribution is 2.15. The number of carbonyl (C=O) groups is 2. The molecule has 0 aromatic rings. The SMILES string of the molecule is COC(=O)[C@H](CC(=O)[O-])C(C)C. The molecule has 0 rings (SSSR count). The van der Waals surface area contributed by atoms with E-state index in [1.165, 1.54) is 7.11 Å². The number of methoxy groups -OCH3 is 1. The first-order valence-electron chi connectivity index (χ1n) is 3.76. The molecular formula is C8H13O4-. The normalized spacial score (nSPS) is 12.7. The van der Waals surface area contributed by atoms with E-state index in [0.717, 1.165) is 0 Å². The molecule has 0 spiro atoms. The van der Waals surface area contributed by atoms with Crippen LogP contribution < -0.4 is 5.11 Å². The maximum Gasteiger partial charge on any atom is 0.309 e. The van der Waals surface area contributed by atoms with E-state index >= 15 is 0 Å². The summed E-state index contributed by atoms with van der Waals surface area (Å²) in [7, 11) is 1.24. The molecule has 0 aliphatic rings. The van der Waals surface area contributed by atoms with Gasteiger partial charge in [-0.05, 0) is 5.92 Å². The minimum absolute atomic E-state index is 0.0460. The van der Waals surface area contributed by atoms with E-state index in [2.05, 4.69) is 4.74 Å². The van der Waals surface area contributed by atoms with E-state index in [1.54, 1.807) is 13.8 Å². The van der Waals surface area contributed by atoms with Crippen molar-refractivity contribution in [3.63, 3.8) is 0 Å². The Labute approximate surface area is 71.5 Å². The van der Waals surface area contributed by atoms with Gasteiger partial charge in [-0.25, -0.2) is 0 Å². The molecule has 0 aromatic heterocycles. The third kappa shape index (κ3) is 3.37. The third-order valence-corrected chi connectivity index (χ3v) is 1.70. The highest BCUT2D eigenvalue weighted by Gasteiger charge is 2.22. The Morgan fingerprint density at radius 2 is 1.92 bits per heavy atom. The van der Waals surface area contributed by atoms with Gasteiger partial charge in [0.25, 0.3) is 0 Å². The van der Waals surface area contributed by atoms with Crippen LogP contribution in [0.1, 0.15) is 20.3 Å². The topological polar surface area (TPSA) is 66.4 Å². The molecule has 0 aliphatic carbocycles. The maximum atomic E-state index is 11.0. The lowest BCUT2D eigenvalue weighted by Gasteiger charge is -2.18. The van der Waals surface area contributed by atoms with Crippen LogP contribution >= 0.6 is 0 Å². The summed E-state index contributed by atoms with van der Waals surface area (Å²) in [5, 5.41) is 10.2. The summed E-state index contributed by atoms with van der Waals surface area (Å²) in [5.74, 6) is -2.36. The Morgan fingerprint density at radius 1 is 1.42 bits per heavy atom. The summed E-state index contributed by atoms with van der Waals surface area (Å²) < 4.78 is 4.44. The summed E-state index contributed by atoms with van der Waals surface area (Å²) in [6, 6.07) is 0. The molecule has 0 N–H and O–H groups in total. The molecule has 0 fully saturated rings. The van der Waals surface area contributed by atoms with Crippen molar-refractivity contribution in [1.82, 2.24) is 0 Å². The van der Waals surface area contributed by atoms with Gasteiger partial charge in [-0.2, -0.15) is 0 Å². The Hall–Kier alpha value is -1.06. The van der Waals surface area contributed by atoms with Crippen molar-refractivity contribution >= 4 is 11.9 Å². The maximum absolute atomic E-state index is 11.0. The summed E-state index contributed by atoms with van der Waals surface area (Å²) in [6.45, 7) is 3.54. The fraction of sp³-hybridized carbons (Fsp3) is 0.750. The molecule has 4 heteroatoms. The van der Waals surface area contributed by atoms with E-state index in [0.29, 0.717) is 0 Å². The first-order chi connectivity index (χ1) is 5.49. The van der Waals surface area contributed by atoms with Crippen molar-refractivity contribution in [3.05, 3.63) is 0 Å². The third-order valence-electron chi connectivity index (χ3n) is 1.70. The predicted octanol–water partition coefficient (Wildman–Crippen LogP) is -0.428. The van der Waals surface area contributed by atoms with Crippen LogP contribution in [0.5, 0.6) is 0 Å². The lowest BCUT2D eigenvalue weighted by atomic mass is 9.93. The van der Waals surface area contributed by atoms with Crippen LogP contribution in [0.15, 0.2) is 0 Å². The zero-order valence-electron chi connectivity index (χ0n) is 7.49. The van der Waals surface area contributed by atoms with Crippen LogP contribution in [-0.2, 0) is 14.3 Å². The van der Waals surface area contributed by atoms with Crippen molar-refractivity contribution in [2.24, 2.45) is 11.8 Å². The molecular weight excluding hydrogens is 160 g/mol. The smallest absolute Gasteiger partial charge is 0.309 e. The van der Waals surface area contributed by atoms with Crippen LogP contribution in [0.3, 0.4) is 0 Å². The van der Waals surface area contributed by atoms with E-state index in [4.69, 9.17) is 0 Å². The molecule has 0 aliphatic heterocycles. The number of ether oxygens (including phenoxy) is 1. The van der Waals surface area contributed by atoms with Gasteiger partial charge in [0.2, 0.25) is 0 Å². The zero-order chi connectivity index (χ0) is 9.72. The van der Waals surface area contributed by atoms with Crippen molar-refractivity contribution in [1.29, 1.82) is 0 Å². The number of hydrogen-bond donors (Lipinski definition) is 0. The van der Waals surface area contributed by atoms with Gasteiger partial charge in [-0.15, -0.1) is 0 Å². The van der Waals surface area contributed by atoms with E-state index in [-0.39, 0.29) is 12.3 Å². The molecule has 0 bridgehead atoms. The molecule has 0 amide bonds. The van der Waals surface area contributed by atoms with E-state index in [1.807, 2.05) is 0 Å². The van der Waals surface area contributed by atoms with E-state index < -0.39 is 17.9 Å². The van der Waals surface area contributed by atoms with Crippen molar-refractivity contribution in [3.8, 4) is 0 Å². The first-order valence-corrected chi connectivity index (χ1v) is 3.76. The lowest BCUT2D eigenvalue weighted by molar-refractivity contribution is -0.307. The molecule has 70 valence electrons. The summed E-state index contributed by atoms with van der Waals surface area (Å²) in [6.07, 6.45) is -0.273. The quantitative estimate of drug-likeness (QED) is 0.541. The second kappa shape index (κ2) is 4.74. The van der Waals surface area contributed by atoms with Gasteiger partial charge < -0.3 is 14.6 Å². The average molecular weight is 173 g/mol.